The summed E-state index contributed by atoms with van der Waals surface area (Å²) in [5, 5.41) is 12.0. The Morgan fingerprint density at radius 3 is 2.36 bits per heavy atom. The van der Waals surface area contributed by atoms with E-state index in [4.69, 9.17) is 0 Å². The Bertz CT molecular complexity index is 246. The molecule has 5 heteroatoms. The highest BCUT2D eigenvalue weighted by Gasteiger charge is 2.41. The second-order valence-electron chi connectivity index (χ2n) is 3.86. The first-order valence-corrected chi connectivity index (χ1v) is 4.66. The van der Waals surface area contributed by atoms with Crippen LogP contribution in [0, 0.1) is 0 Å². The van der Waals surface area contributed by atoms with Gasteiger partial charge in [0.2, 0.25) is 5.91 Å². The zero-order valence-electron chi connectivity index (χ0n) is 8.54. The van der Waals surface area contributed by atoms with Crippen LogP contribution in [0.4, 0.5) is 0 Å². The van der Waals surface area contributed by atoms with Crippen molar-refractivity contribution in [1.29, 1.82) is 0 Å². The summed E-state index contributed by atoms with van der Waals surface area (Å²) in [5.41, 5.74) is -1.22. The van der Waals surface area contributed by atoms with Gasteiger partial charge in [0.05, 0.1) is 6.54 Å². The summed E-state index contributed by atoms with van der Waals surface area (Å²) < 4.78 is 0. The minimum atomic E-state index is -1.22. The van der Waals surface area contributed by atoms with Crippen molar-refractivity contribution < 1.29 is 14.7 Å². The maximum atomic E-state index is 11.3. The van der Waals surface area contributed by atoms with Crippen LogP contribution in [0.5, 0.6) is 0 Å². The van der Waals surface area contributed by atoms with Gasteiger partial charge in [-0.2, -0.15) is 0 Å². The summed E-state index contributed by atoms with van der Waals surface area (Å²) in [6.07, 6.45) is 1.86. The van der Waals surface area contributed by atoms with Gasteiger partial charge in [-0.1, -0.05) is 0 Å². The van der Waals surface area contributed by atoms with Crippen molar-refractivity contribution in [3.05, 3.63) is 0 Å². The summed E-state index contributed by atoms with van der Waals surface area (Å²) in [6.45, 7) is -0.0475. The van der Waals surface area contributed by atoms with E-state index < -0.39 is 11.5 Å². The van der Waals surface area contributed by atoms with Gasteiger partial charge >= 0.3 is 0 Å². The van der Waals surface area contributed by atoms with Crippen LogP contribution >= 0.6 is 0 Å². The zero-order valence-corrected chi connectivity index (χ0v) is 8.54. The van der Waals surface area contributed by atoms with E-state index in [1.54, 1.807) is 14.1 Å². The number of nitrogens with one attached hydrogen (secondary N) is 1. The molecule has 80 valence electrons. The summed E-state index contributed by atoms with van der Waals surface area (Å²) in [7, 11) is 3.24. The Morgan fingerprint density at radius 2 is 2.00 bits per heavy atom. The molecule has 0 aromatic rings. The van der Waals surface area contributed by atoms with Gasteiger partial charge < -0.3 is 15.3 Å². The van der Waals surface area contributed by atoms with E-state index in [0.29, 0.717) is 12.8 Å². The lowest BCUT2D eigenvalue weighted by Gasteiger charge is -2.34. The van der Waals surface area contributed by atoms with Crippen molar-refractivity contribution in [3.8, 4) is 0 Å². The van der Waals surface area contributed by atoms with Crippen molar-refractivity contribution in [2.45, 2.75) is 24.9 Å². The SMILES string of the molecule is CN(C)C(=O)CNC(=O)C1(O)CCC1. The van der Waals surface area contributed by atoms with E-state index in [1.165, 1.54) is 4.90 Å². The average molecular weight is 200 g/mol. The Kier molecular flexibility index (Phi) is 3.10. The van der Waals surface area contributed by atoms with Crippen molar-refractivity contribution in [1.82, 2.24) is 10.2 Å². The van der Waals surface area contributed by atoms with Crippen molar-refractivity contribution in [3.63, 3.8) is 0 Å². The molecular formula is C9H16N2O3. The van der Waals surface area contributed by atoms with Gasteiger partial charge in [-0.25, -0.2) is 0 Å². The number of carbonyl (C=O) groups excluding carboxylic acids is 2. The smallest absolute Gasteiger partial charge is 0.252 e. The highest BCUT2D eigenvalue weighted by Crippen LogP contribution is 2.31. The standard InChI is InChI=1S/C9H16N2O3/c1-11(2)7(12)6-10-8(13)9(14)4-3-5-9/h14H,3-6H2,1-2H3,(H,10,13). The lowest BCUT2D eigenvalue weighted by molar-refractivity contribution is -0.149. The number of rotatable bonds is 3. The number of hydrogen-bond donors (Lipinski definition) is 2. The molecule has 2 N–H and O–H groups in total. The fraction of sp³-hybridized carbons (Fsp3) is 0.778. The molecule has 1 aliphatic carbocycles. The molecule has 5 nitrogen and oxygen atoms in total. The van der Waals surface area contributed by atoms with Gasteiger partial charge in [0.1, 0.15) is 5.60 Å². The Morgan fingerprint density at radius 1 is 1.43 bits per heavy atom. The molecule has 14 heavy (non-hydrogen) atoms. The number of likely N-dealkylation sites (N-methyl/N-ethyl adjacent to an activating group) is 1. The number of nitrogens with zero attached hydrogens (tertiary/aromatic N) is 1. The maximum Gasteiger partial charge on any atom is 0.252 e. The fourth-order valence-corrected chi connectivity index (χ4v) is 1.22. The Hall–Kier alpha value is -1.10. The van der Waals surface area contributed by atoms with E-state index in [-0.39, 0.29) is 12.5 Å². The minimum absolute atomic E-state index is 0.0475. The lowest BCUT2D eigenvalue weighted by atomic mass is 9.79. The van der Waals surface area contributed by atoms with Gasteiger partial charge in [-0.3, -0.25) is 9.59 Å². The van der Waals surface area contributed by atoms with E-state index in [2.05, 4.69) is 5.32 Å². The molecule has 1 rings (SSSR count). The van der Waals surface area contributed by atoms with E-state index in [9.17, 15) is 14.7 Å². The molecule has 0 saturated heterocycles. The van der Waals surface area contributed by atoms with E-state index >= 15 is 0 Å². The Balaban J connectivity index is 2.31. The third-order valence-electron chi connectivity index (χ3n) is 2.50. The van der Waals surface area contributed by atoms with Gasteiger partial charge in [-0.05, 0) is 19.3 Å². The van der Waals surface area contributed by atoms with Crippen molar-refractivity contribution in [2.24, 2.45) is 0 Å². The molecule has 0 aliphatic heterocycles. The summed E-state index contributed by atoms with van der Waals surface area (Å²) in [6, 6.07) is 0. The fourth-order valence-electron chi connectivity index (χ4n) is 1.22. The molecule has 0 unspecified atom stereocenters. The van der Waals surface area contributed by atoms with Crippen molar-refractivity contribution in [2.75, 3.05) is 20.6 Å². The molecule has 1 fully saturated rings. The van der Waals surface area contributed by atoms with Gasteiger partial charge in [0.25, 0.3) is 5.91 Å². The van der Waals surface area contributed by atoms with Crippen LogP contribution in [0.3, 0.4) is 0 Å². The largest absolute Gasteiger partial charge is 0.380 e. The highest BCUT2D eigenvalue weighted by atomic mass is 16.3. The van der Waals surface area contributed by atoms with Gasteiger partial charge in [-0.15, -0.1) is 0 Å². The molecule has 0 radical (unpaired) electrons. The van der Waals surface area contributed by atoms with Crippen LogP contribution in [-0.2, 0) is 9.59 Å². The minimum Gasteiger partial charge on any atom is -0.380 e. The molecule has 0 spiro atoms. The number of amides is 2. The second kappa shape index (κ2) is 3.96. The first kappa shape index (κ1) is 11.0. The topological polar surface area (TPSA) is 69.6 Å². The lowest BCUT2D eigenvalue weighted by Crippen LogP contribution is -2.53. The highest BCUT2D eigenvalue weighted by molar-refractivity contribution is 5.89. The molecule has 0 aromatic heterocycles. The molecule has 0 heterocycles. The third kappa shape index (κ3) is 2.23. The molecule has 1 aliphatic rings. The first-order valence-electron chi connectivity index (χ1n) is 4.66. The second-order valence-corrected chi connectivity index (χ2v) is 3.86. The molecule has 1 saturated carbocycles. The molecule has 2 amide bonds. The summed E-state index contributed by atoms with van der Waals surface area (Å²) >= 11 is 0. The van der Waals surface area contributed by atoms with Crippen LogP contribution in [0.15, 0.2) is 0 Å². The van der Waals surface area contributed by atoms with Crippen molar-refractivity contribution >= 4 is 11.8 Å². The van der Waals surface area contributed by atoms with Crippen LogP contribution in [-0.4, -0.2) is 48.1 Å². The van der Waals surface area contributed by atoms with Crippen LogP contribution in [0.2, 0.25) is 0 Å². The average Bonchev–Trinajstić information content (AvgIpc) is 2.09. The van der Waals surface area contributed by atoms with Crippen LogP contribution < -0.4 is 5.32 Å². The van der Waals surface area contributed by atoms with Gasteiger partial charge in [0.15, 0.2) is 0 Å². The normalized spacial score (nSPS) is 18.2. The zero-order chi connectivity index (χ0) is 10.8. The van der Waals surface area contributed by atoms with E-state index in [1.807, 2.05) is 0 Å². The first-order chi connectivity index (χ1) is 6.46. The van der Waals surface area contributed by atoms with E-state index in [0.717, 1.165) is 6.42 Å². The number of carbonyl (C=O) groups is 2. The van der Waals surface area contributed by atoms with Crippen LogP contribution in [0.1, 0.15) is 19.3 Å². The summed E-state index contributed by atoms with van der Waals surface area (Å²) in [5.74, 6) is -0.611. The number of hydrogen-bond acceptors (Lipinski definition) is 3. The maximum absolute atomic E-state index is 11.3. The molecular weight excluding hydrogens is 184 g/mol. The third-order valence-corrected chi connectivity index (χ3v) is 2.50. The van der Waals surface area contributed by atoms with Gasteiger partial charge in [0, 0.05) is 14.1 Å². The monoisotopic (exact) mass is 200 g/mol. The predicted octanol–water partition coefficient (Wildman–Crippen LogP) is -0.894. The summed E-state index contributed by atoms with van der Waals surface area (Å²) in [4.78, 5) is 23.8. The molecule has 0 atom stereocenters. The molecule has 0 aromatic carbocycles. The number of aliphatic hydroxyl groups is 1. The predicted molar refractivity (Wildman–Crippen MR) is 50.5 cm³/mol. The Labute approximate surface area is 83.1 Å². The van der Waals surface area contributed by atoms with Crippen LogP contribution in [0.25, 0.3) is 0 Å². The molecule has 0 bridgehead atoms. The quantitative estimate of drug-likeness (QED) is 0.620.